The van der Waals surface area contributed by atoms with Crippen LogP contribution in [0.15, 0.2) is 24.4 Å². The quantitative estimate of drug-likeness (QED) is 0.811. The number of pyridine rings is 1. The third-order valence-electron chi connectivity index (χ3n) is 4.18. The maximum Gasteiger partial charge on any atom is 0.254 e. The standard InChI is InChI=1S/C18H16F3N3O3/c1-27-17-15(20)11(8-12(19)16(17)21)18(26)23-9-10-4-5-22-13(7-10)24-6-2-3-14(24)25/h4-5,7-8H,2-3,6,9H2,1H3,(H,23,26). The van der Waals surface area contributed by atoms with E-state index in [1.807, 2.05) is 0 Å². The van der Waals surface area contributed by atoms with Crippen LogP contribution in [-0.4, -0.2) is 30.5 Å². The predicted molar refractivity (Wildman–Crippen MR) is 89.9 cm³/mol. The van der Waals surface area contributed by atoms with Gasteiger partial charge in [-0.2, -0.15) is 4.39 Å². The fraction of sp³-hybridized carbons (Fsp3) is 0.278. The van der Waals surface area contributed by atoms with Gasteiger partial charge in [0.05, 0.1) is 12.7 Å². The summed E-state index contributed by atoms with van der Waals surface area (Å²) in [5.74, 6) is -5.63. The zero-order valence-corrected chi connectivity index (χ0v) is 14.4. The Morgan fingerprint density at radius 1 is 1.30 bits per heavy atom. The van der Waals surface area contributed by atoms with Gasteiger partial charge in [-0.05, 0) is 30.2 Å². The van der Waals surface area contributed by atoms with Gasteiger partial charge in [-0.1, -0.05) is 0 Å². The molecule has 9 heteroatoms. The molecule has 0 atom stereocenters. The molecule has 1 fully saturated rings. The second kappa shape index (κ2) is 7.65. The van der Waals surface area contributed by atoms with Gasteiger partial charge in [-0.15, -0.1) is 0 Å². The average molecular weight is 379 g/mol. The molecule has 2 aromatic rings. The molecule has 0 spiro atoms. The van der Waals surface area contributed by atoms with Crippen molar-refractivity contribution in [1.82, 2.24) is 10.3 Å². The number of hydrogen-bond donors (Lipinski definition) is 1. The minimum Gasteiger partial charge on any atom is -0.491 e. The number of benzene rings is 1. The highest BCUT2D eigenvalue weighted by molar-refractivity contribution is 5.95. The zero-order chi connectivity index (χ0) is 19.6. The Bertz CT molecular complexity index is 905. The Morgan fingerprint density at radius 3 is 2.74 bits per heavy atom. The van der Waals surface area contributed by atoms with Gasteiger partial charge in [0, 0.05) is 25.7 Å². The number of halogens is 3. The van der Waals surface area contributed by atoms with Gasteiger partial charge in [0.15, 0.2) is 17.4 Å². The number of carbonyl (C=O) groups excluding carboxylic acids is 2. The van der Waals surface area contributed by atoms with Crippen molar-refractivity contribution in [3.05, 3.63) is 53.0 Å². The molecular formula is C18H16F3N3O3. The molecule has 1 aromatic heterocycles. The van der Waals surface area contributed by atoms with Crippen molar-refractivity contribution < 1.29 is 27.5 Å². The highest BCUT2D eigenvalue weighted by Gasteiger charge is 2.24. The predicted octanol–water partition coefficient (Wildman–Crippen LogP) is 2.56. The van der Waals surface area contributed by atoms with E-state index in [-0.39, 0.29) is 12.5 Å². The monoisotopic (exact) mass is 379 g/mol. The summed E-state index contributed by atoms with van der Waals surface area (Å²) in [5.41, 5.74) is -0.0576. The molecule has 1 aliphatic rings. The molecular weight excluding hydrogens is 363 g/mol. The Morgan fingerprint density at radius 2 is 2.07 bits per heavy atom. The van der Waals surface area contributed by atoms with Gasteiger partial charge >= 0.3 is 0 Å². The second-order valence-electron chi connectivity index (χ2n) is 5.92. The van der Waals surface area contributed by atoms with Gasteiger partial charge < -0.3 is 10.1 Å². The number of nitrogens with zero attached hydrogens (tertiary/aromatic N) is 2. The number of carbonyl (C=O) groups is 2. The second-order valence-corrected chi connectivity index (χ2v) is 5.92. The van der Waals surface area contributed by atoms with Crippen LogP contribution in [0.4, 0.5) is 19.0 Å². The molecule has 142 valence electrons. The van der Waals surface area contributed by atoms with Crippen LogP contribution in [0.1, 0.15) is 28.8 Å². The first-order chi connectivity index (χ1) is 12.9. The van der Waals surface area contributed by atoms with E-state index in [4.69, 9.17) is 0 Å². The highest BCUT2D eigenvalue weighted by atomic mass is 19.2. The van der Waals surface area contributed by atoms with Crippen LogP contribution >= 0.6 is 0 Å². The molecule has 1 aliphatic heterocycles. The van der Waals surface area contributed by atoms with E-state index in [2.05, 4.69) is 15.0 Å². The van der Waals surface area contributed by atoms with Crippen molar-refractivity contribution in [2.75, 3.05) is 18.6 Å². The molecule has 3 rings (SSSR count). The van der Waals surface area contributed by atoms with Crippen molar-refractivity contribution in [2.24, 2.45) is 0 Å². The molecule has 2 heterocycles. The zero-order valence-electron chi connectivity index (χ0n) is 14.4. The summed E-state index contributed by atoms with van der Waals surface area (Å²) in [6.45, 7) is 0.554. The van der Waals surface area contributed by atoms with Crippen LogP contribution in [0, 0.1) is 17.5 Å². The van der Waals surface area contributed by atoms with Crippen LogP contribution in [0.3, 0.4) is 0 Å². The fourth-order valence-corrected chi connectivity index (χ4v) is 2.81. The number of anilines is 1. The maximum absolute atomic E-state index is 14.2. The van der Waals surface area contributed by atoms with E-state index in [0.29, 0.717) is 30.4 Å². The van der Waals surface area contributed by atoms with Crippen molar-refractivity contribution in [3.63, 3.8) is 0 Å². The van der Waals surface area contributed by atoms with Crippen molar-refractivity contribution >= 4 is 17.6 Å². The van der Waals surface area contributed by atoms with Crippen LogP contribution in [-0.2, 0) is 11.3 Å². The molecule has 0 radical (unpaired) electrons. The number of rotatable bonds is 5. The molecule has 27 heavy (non-hydrogen) atoms. The van der Waals surface area contributed by atoms with Crippen molar-refractivity contribution in [1.29, 1.82) is 0 Å². The summed E-state index contributed by atoms with van der Waals surface area (Å²) in [7, 11) is 0.973. The smallest absolute Gasteiger partial charge is 0.254 e. The Hall–Kier alpha value is -3.10. The molecule has 0 saturated carbocycles. The number of ether oxygens (including phenoxy) is 1. The minimum absolute atomic E-state index is 0.0167. The van der Waals surface area contributed by atoms with Crippen LogP contribution in [0.25, 0.3) is 0 Å². The third-order valence-corrected chi connectivity index (χ3v) is 4.18. The first-order valence-corrected chi connectivity index (χ1v) is 8.17. The maximum atomic E-state index is 14.2. The van der Waals surface area contributed by atoms with E-state index in [9.17, 15) is 22.8 Å². The lowest BCUT2D eigenvalue weighted by atomic mass is 10.1. The van der Waals surface area contributed by atoms with Gasteiger partial charge in [-0.3, -0.25) is 14.5 Å². The highest BCUT2D eigenvalue weighted by Crippen LogP contribution is 2.27. The van der Waals surface area contributed by atoms with E-state index in [1.54, 1.807) is 17.0 Å². The summed E-state index contributed by atoms with van der Waals surface area (Å²) < 4.78 is 45.6. The number of aromatic nitrogens is 1. The summed E-state index contributed by atoms with van der Waals surface area (Å²) in [6.07, 6.45) is 2.70. The molecule has 1 aromatic carbocycles. The normalized spacial score (nSPS) is 13.8. The Labute approximate surface area is 152 Å². The molecule has 1 N–H and O–H groups in total. The lowest BCUT2D eigenvalue weighted by Crippen LogP contribution is -2.26. The van der Waals surface area contributed by atoms with Crippen LogP contribution in [0.5, 0.6) is 5.75 Å². The van der Waals surface area contributed by atoms with E-state index in [0.717, 1.165) is 13.5 Å². The Kier molecular flexibility index (Phi) is 5.29. The molecule has 0 aliphatic carbocycles. The summed E-state index contributed by atoms with van der Waals surface area (Å²) in [4.78, 5) is 29.7. The SMILES string of the molecule is COc1c(F)c(F)cc(C(=O)NCc2ccnc(N3CCCC3=O)c2)c1F. The topological polar surface area (TPSA) is 71.5 Å². The van der Waals surface area contributed by atoms with Gasteiger partial charge in [-0.25, -0.2) is 13.8 Å². The number of nitrogens with one attached hydrogen (secondary N) is 1. The van der Waals surface area contributed by atoms with Crippen LogP contribution < -0.4 is 15.0 Å². The molecule has 6 nitrogen and oxygen atoms in total. The van der Waals surface area contributed by atoms with E-state index >= 15 is 0 Å². The molecule has 0 bridgehead atoms. The first-order valence-electron chi connectivity index (χ1n) is 8.17. The summed E-state index contributed by atoms with van der Waals surface area (Å²) in [6, 6.07) is 3.72. The summed E-state index contributed by atoms with van der Waals surface area (Å²) in [5, 5.41) is 2.43. The summed E-state index contributed by atoms with van der Waals surface area (Å²) >= 11 is 0. The lowest BCUT2D eigenvalue weighted by molar-refractivity contribution is -0.117. The third kappa shape index (κ3) is 3.71. The van der Waals surface area contributed by atoms with E-state index < -0.39 is 34.7 Å². The van der Waals surface area contributed by atoms with Gasteiger partial charge in [0.2, 0.25) is 11.7 Å². The number of hydrogen-bond acceptors (Lipinski definition) is 4. The average Bonchev–Trinajstić information content (AvgIpc) is 3.09. The van der Waals surface area contributed by atoms with Gasteiger partial charge in [0.25, 0.3) is 5.91 Å². The minimum atomic E-state index is -1.50. The van der Waals surface area contributed by atoms with Crippen LogP contribution in [0.2, 0.25) is 0 Å². The Balaban J connectivity index is 1.75. The van der Waals surface area contributed by atoms with Crippen molar-refractivity contribution in [3.8, 4) is 5.75 Å². The fourth-order valence-electron chi connectivity index (χ4n) is 2.81. The van der Waals surface area contributed by atoms with Gasteiger partial charge in [0.1, 0.15) is 5.82 Å². The number of amides is 2. The molecule has 1 saturated heterocycles. The first kappa shape index (κ1) is 18.7. The lowest BCUT2D eigenvalue weighted by Gasteiger charge is -2.15. The molecule has 0 unspecified atom stereocenters. The molecule has 2 amide bonds. The largest absolute Gasteiger partial charge is 0.491 e. The number of methoxy groups -OCH3 is 1. The van der Waals surface area contributed by atoms with Crippen molar-refractivity contribution in [2.45, 2.75) is 19.4 Å². The van der Waals surface area contributed by atoms with E-state index in [1.165, 1.54) is 6.20 Å².